The Balaban J connectivity index is 1.41. The molecule has 0 bridgehead atoms. The summed E-state index contributed by atoms with van der Waals surface area (Å²) in [6.07, 6.45) is 11.4. The number of carbonyl (C=O) groups excluding carboxylic acids is 1. The lowest BCUT2D eigenvalue weighted by Crippen LogP contribution is -2.47. The molecule has 2 aromatic carbocycles. The standard InChI is InChI=1S/C30H35N5O/c31-19-23-9-11-24(12-10-23)21-35-22-33-20-28(35)17-26-7-4-8-27(30(26)25-5-2-1-3-6-25)18-29(36)34-15-13-32-14-16-34/h4,7-12,20,22,25,32H,1-3,5-6,13-18,21H2. The molecule has 2 fully saturated rings. The summed E-state index contributed by atoms with van der Waals surface area (Å²) in [5.41, 5.74) is 6.94. The Bertz CT molecular complexity index is 1210. The average Bonchev–Trinajstić information content (AvgIpc) is 3.36. The number of nitrogens with zero attached hydrogens (tertiary/aromatic N) is 4. The minimum absolute atomic E-state index is 0.247. The van der Waals surface area contributed by atoms with Crippen LogP contribution in [-0.4, -0.2) is 46.5 Å². The molecule has 2 heterocycles. The van der Waals surface area contributed by atoms with Crippen molar-refractivity contribution in [1.82, 2.24) is 19.8 Å². The van der Waals surface area contributed by atoms with E-state index in [1.165, 1.54) is 54.5 Å². The summed E-state index contributed by atoms with van der Waals surface area (Å²) < 4.78 is 2.20. The highest BCUT2D eigenvalue weighted by atomic mass is 16.2. The van der Waals surface area contributed by atoms with Crippen LogP contribution in [0.3, 0.4) is 0 Å². The zero-order chi connectivity index (χ0) is 24.7. The lowest BCUT2D eigenvalue weighted by atomic mass is 9.78. The monoisotopic (exact) mass is 481 g/mol. The molecule has 2 aliphatic rings. The van der Waals surface area contributed by atoms with Gasteiger partial charge in [0.25, 0.3) is 0 Å². The van der Waals surface area contributed by atoms with Crippen molar-refractivity contribution in [2.45, 2.75) is 57.4 Å². The van der Waals surface area contributed by atoms with Gasteiger partial charge in [0.05, 0.1) is 24.4 Å². The first-order valence-corrected chi connectivity index (χ1v) is 13.3. The van der Waals surface area contributed by atoms with Crippen LogP contribution in [0.1, 0.15) is 71.5 Å². The number of nitriles is 1. The highest BCUT2D eigenvalue weighted by Crippen LogP contribution is 2.37. The number of rotatable bonds is 7. The summed E-state index contributed by atoms with van der Waals surface area (Å²) in [7, 11) is 0. The van der Waals surface area contributed by atoms with Gasteiger partial charge in [-0.1, -0.05) is 49.6 Å². The van der Waals surface area contributed by atoms with Gasteiger partial charge >= 0.3 is 0 Å². The summed E-state index contributed by atoms with van der Waals surface area (Å²) in [6.45, 7) is 4.08. The van der Waals surface area contributed by atoms with Gasteiger partial charge in [-0.3, -0.25) is 4.79 Å². The van der Waals surface area contributed by atoms with Gasteiger partial charge in [-0.05, 0) is 53.1 Å². The smallest absolute Gasteiger partial charge is 0.227 e. The molecular formula is C30H35N5O. The Kier molecular flexibility index (Phi) is 7.78. The van der Waals surface area contributed by atoms with E-state index in [0.717, 1.165) is 44.7 Å². The highest BCUT2D eigenvalue weighted by molar-refractivity contribution is 5.79. The predicted octanol–water partition coefficient (Wildman–Crippen LogP) is 4.42. The maximum Gasteiger partial charge on any atom is 0.227 e. The summed E-state index contributed by atoms with van der Waals surface area (Å²) in [5.74, 6) is 0.771. The fourth-order valence-corrected chi connectivity index (χ4v) is 5.79. The zero-order valence-corrected chi connectivity index (χ0v) is 21.0. The predicted molar refractivity (Wildman–Crippen MR) is 141 cm³/mol. The van der Waals surface area contributed by atoms with Crippen molar-refractivity contribution in [3.8, 4) is 6.07 Å². The van der Waals surface area contributed by atoms with E-state index in [-0.39, 0.29) is 5.91 Å². The number of nitrogens with one attached hydrogen (secondary N) is 1. The van der Waals surface area contributed by atoms with Crippen LogP contribution in [0.2, 0.25) is 0 Å². The fraction of sp³-hybridized carbons (Fsp3) is 0.433. The van der Waals surface area contributed by atoms with Crippen LogP contribution in [0.5, 0.6) is 0 Å². The summed E-state index contributed by atoms with van der Waals surface area (Å²) in [5, 5.41) is 12.4. The van der Waals surface area contributed by atoms with Gasteiger partial charge in [-0.2, -0.15) is 5.26 Å². The molecule has 1 amide bonds. The van der Waals surface area contributed by atoms with Crippen LogP contribution in [0, 0.1) is 11.3 Å². The number of hydrogen-bond acceptors (Lipinski definition) is 4. The number of benzene rings is 2. The van der Waals surface area contributed by atoms with E-state index in [2.05, 4.69) is 39.1 Å². The maximum absolute atomic E-state index is 13.2. The van der Waals surface area contributed by atoms with E-state index in [9.17, 15) is 4.79 Å². The van der Waals surface area contributed by atoms with Gasteiger partial charge in [-0.15, -0.1) is 0 Å². The fourth-order valence-electron chi connectivity index (χ4n) is 5.79. The molecule has 1 saturated heterocycles. The highest BCUT2D eigenvalue weighted by Gasteiger charge is 2.25. The average molecular weight is 482 g/mol. The lowest BCUT2D eigenvalue weighted by Gasteiger charge is -2.30. The van der Waals surface area contributed by atoms with Crippen LogP contribution in [-0.2, 0) is 24.2 Å². The maximum atomic E-state index is 13.2. The lowest BCUT2D eigenvalue weighted by molar-refractivity contribution is -0.131. The Labute approximate surface area is 214 Å². The first kappa shape index (κ1) is 24.3. The molecule has 6 heteroatoms. The number of imidazole rings is 1. The topological polar surface area (TPSA) is 74.0 Å². The van der Waals surface area contributed by atoms with E-state index >= 15 is 0 Å². The van der Waals surface area contributed by atoms with Crippen molar-refractivity contribution in [2.75, 3.05) is 26.2 Å². The van der Waals surface area contributed by atoms with Crippen LogP contribution >= 0.6 is 0 Å². The second kappa shape index (κ2) is 11.5. The summed E-state index contributed by atoms with van der Waals surface area (Å²) >= 11 is 0. The molecule has 186 valence electrons. The molecule has 1 saturated carbocycles. The molecule has 6 nitrogen and oxygen atoms in total. The normalized spacial score (nSPS) is 16.6. The molecule has 1 aliphatic heterocycles. The second-order valence-corrected chi connectivity index (χ2v) is 10.1. The first-order valence-electron chi connectivity index (χ1n) is 13.3. The molecule has 0 atom stereocenters. The number of hydrogen-bond donors (Lipinski definition) is 1. The van der Waals surface area contributed by atoms with Gasteiger partial charge in [0.15, 0.2) is 0 Å². The van der Waals surface area contributed by atoms with Gasteiger partial charge in [0, 0.05) is 51.0 Å². The second-order valence-electron chi connectivity index (χ2n) is 10.1. The third-order valence-electron chi connectivity index (χ3n) is 7.72. The summed E-state index contributed by atoms with van der Waals surface area (Å²) in [4.78, 5) is 19.7. The van der Waals surface area contributed by atoms with Gasteiger partial charge in [-0.25, -0.2) is 4.98 Å². The Morgan fingerprint density at radius 1 is 1.03 bits per heavy atom. The first-order chi connectivity index (χ1) is 17.7. The molecule has 0 unspecified atom stereocenters. The van der Waals surface area contributed by atoms with Gasteiger partial charge in [0.2, 0.25) is 5.91 Å². The Morgan fingerprint density at radius 3 is 2.53 bits per heavy atom. The molecular weight excluding hydrogens is 446 g/mol. The van der Waals surface area contributed by atoms with Gasteiger partial charge < -0.3 is 14.8 Å². The zero-order valence-electron chi connectivity index (χ0n) is 21.0. The van der Waals surface area contributed by atoms with Crippen LogP contribution in [0.15, 0.2) is 55.0 Å². The molecule has 1 aliphatic carbocycles. The van der Waals surface area contributed by atoms with Crippen molar-refractivity contribution in [3.05, 3.63) is 88.5 Å². The van der Waals surface area contributed by atoms with Crippen molar-refractivity contribution in [2.24, 2.45) is 0 Å². The number of piperazine rings is 1. The van der Waals surface area contributed by atoms with E-state index in [0.29, 0.717) is 17.9 Å². The quantitative estimate of drug-likeness (QED) is 0.542. The largest absolute Gasteiger partial charge is 0.340 e. The third kappa shape index (κ3) is 5.68. The third-order valence-corrected chi connectivity index (χ3v) is 7.72. The van der Waals surface area contributed by atoms with E-state index in [4.69, 9.17) is 5.26 Å². The SMILES string of the molecule is N#Cc1ccc(Cn2cncc2Cc2cccc(CC(=O)N3CCNCC3)c2C2CCCCC2)cc1. The van der Waals surface area contributed by atoms with Crippen molar-refractivity contribution in [1.29, 1.82) is 5.26 Å². The van der Waals surface area contributed by atoms with Crippen LogP contribution in [0.4, 0.5) is 0 Å². The molecule has 36 heavy (non-hydrogen) atoms. The van der Waals surface area contributed by atoms with Crippen LogP contribution < -0.4 is 5.32 Å². The molecule has 5 rings (SSSR count). The molecule has 3 aromatic rings. The van der Waals surface area contributed by atoms with Crippen molar-refractivity contribution >= 4 is 5.91 Å². The van der Waals surface area contributed by atoms with E-state index < -0.39 is 0 Å². The number of amides is 1. The molecule has 0 spiro atoms. The minimum Gasteiger partial charge on any atom is -0.340 e. The van der Waals surface area contributed by atoms with E-state index in [1.54, 1.807) is 0 Å². The molecule has 0 radical (unpaired) electrons. The molecule has 1 N–H and O–H groups in total. The summed E-state index contributed by atoms with van der Waals surface area (Å²) in [6, 6.07) is 16.5. The van der Waals surface area contributed by atoms with Crippen molar-refractivity contribution in [3.63, 3.8) is 0 Å². The van der Waals surface area contributed by atoms with Gasteiger partial charge in [0.1, 0.15) is 0 Å². The Hall–Kier alpha value is -3.43. The van der Waals surface area contributed by atoms with Crippen LogP contribution in [0.25, 0.3) is 0 Å². The minimum atomic E-state index is 0.247. The number of aromatic nitrogens is 2. The van der Waals surface area contributed by atoms with E-state index in [1.807, 2.05) is 41.7 Å². The number of carbonyl (C=O) groups is 1. The van der Waals surface area contributed by atoms with Crippen molar-refractivity contribution < 1.29 is 4.79 Å². The molecule has 1 aromatic heterocycles. The Morgan fingerprint density at radius 2 is 1.78 bits per heavy atom.